The van der Waals surface area contributed by atoms with E-state index in [1.54, 1.807) is 5.57 Å². The van der Waals surface area contributed by atoms with E-state index in [4.69, 9.17) is 0 Å². The van der Waals surface area contributed by atoms with Crippen LogP contribution >= 0.6 is 0 Å². The van der Waals surface area contributed by atoms with E-state index in [0.717, 1.165) is 37.0 Å². The van der Waals surface area contributed by atoms with E-state index in [2.05, 4.69) is 53.7 Å². The lowest BCUT2D eigenvalue weighted by Crippen LogP contribution is -2.41. The Morgan fingerprint density at radius 2 is 1.75 bits per heavy atom. The minimum absolute atomic E-state index is 0.115. The van der Waals surface area contributed by atoms with Crippen molar-refractivity contribution < 1.29 is 5.11 Å². The number of fused-ring (bicyclic) bond motifs is 3. The molecule has 3 aliphatic carbocycles. The van der Waals surface area contributed by atoms with Gasteiger partial charge < -0.3 is 5.11 Å². The maximum Gasteiger partial charge on any atom is 0.0578 e. The lowest BCUT2D eigenvalue weighted by Gasteiger charge is -2.50. The van der Waals surface area contributed by atoms with Gasteiger partial charge >= 0.3 is 0 Å². The monoisotopic (exact) mass is 386 g/mol. The smallest absolute Gasteiger partial charge is 0.0578 e. The zero-order chi connectivity index (χ0) is 20.5. The molecule has 0 aromatic heterocycles. The van der Waals surface area contributed by atoms with Crippen LogP contribution in [0.4, 0.5) is 0 Å². The molecule has 1 N–H and O–H groups in total. The molecule has 0 radical (unpaired) electrons. The highest BCUT2D eigenvalue weighted by Crippen LogP contribution is 2.56. The third-order valence-corrected chi connectivity index (χ3v) is 8.85. The van der Waals surface area contributed by atoms with Gasteiger partial charge in [0.15, 0.2) is 0 Å². The number of allylic oxidation sites excluding steroid dienone is 3. The number of rotatable bonds is 5. The summed E-state index contributed by atoms with van der Waals surface area (Å²) in [7, 11) is 0. The molecule has 0 heterocycles. The van der Waals surface area contributed by atoms with Crippen LogP contribution in [-0.2, 0) is 0 Å². The van der Waals surface area contributed by atoms with Crippen molar-refractivity contribution in [3.05, 3.63) is 23.3 Å². The van der Waals surface area contributed by atoms with Crippen molar-refractivity contribution in [2.75, 3.05) is 0 Å². The van der Waals surface area contributed by atoms with Gasteiger partial charge in [0.1, 0.15) is 0 Å². The number of aliphatic hydroxyl groups is 1. The van der Waals surface area contributed by atoms with Gasteiger partial charge in [0, 0.05) is 0 Å². The van der Waals surface area contributed by atoms with Crippen LogP contribution in [0.5, 0.6) is 0 Å². The Morgan fingerprint density at radius 3 is 2.46 bits per heavy atom. The minimum atomic E-state index is -0.115. The van der Waals surface area contributed by atoms with Crippen LogP contribution in [-0.4, -0.2) is 11.2 Å². The highest BCUT2D eigenvalue weighted by atomic mass is 16.3. The van der Waals surface area contributed by atoms with Crippen molar-refractivity contribution >= 4 is 0 Å². The van der Waals surface area contributed by atoms with Crippen molar-refractivity contribution in [2.24, 2.45) is 34.5 Å². The first-order chi connectivity index (χ1) is 13.1. The third kappa shape index (κ3) is 4.61. The molecule has 0 bridgehead atoms. The molecule has 2 fully saturated rings. The number of hydrogen-bond acceptors (Lipinski definition) is 1. The Hall–Kier alpha value is -0.560. The molecule has 0 amide bonds. The van der Waals surface area contributed by atoms with E-state index in [0.29, 0.717) is 16.7 Å². The summed E-state index contributed by atoms with van der Waals surface area (Å²) in [5, 5.41) is 10.2. The topological polar surface area (TPSA) is 20.2 Å². The van der Waals surface area contributed by atoms with Gasteiger partial charge in [-0.3, -0.25) is 0 Å². The van der Waals surface area contributed by atoms with Crippen LogP contribution in [0.1, 0.15) is 106 Å². The molecule has 5 unspecified atom stereocenters. The Morgan fingerprint density at radius 1 is 1.00 bits per heavy atom. The summed E-state index contributed by atoms with van der Waals surface area (Å²) in [5.74, 6) is 3.21. The molecule has 0 aromatic rings. The van der Waals surface area contributed by atoms with Gasteiger partial charge in [-0.1, -0.05) is 84.1 Å². The number of hydrogen-bond donors (Lipinski definition) is 1. The molecule has 0 aromatic carbocycles. The molecule has 0 saturated heterocycles. The van der Waals surface area contributed by atoms with Gasteiger partial charge in [-0.05, 0) is 79.4 Å². The summed E-state index contributed by atoms with van der Waals surface area (Å²) in [6.45, 7) is 14.8. The zero-order valence-electron chi connectivity index (χ0n) is 19.6. The van der Waals surface area contributed by atoms with Gasteiger partial charge in [0.25, 0.3) is 0 Å². The average Bonchev–Trinajstić information content (AvgIpc) is 2.59. The van der Waals surface area contributed by atoms with Crippen LogP contribution in [0.3, 0.4) is 0 Å². The standard InChI is InChI=1S/C27H46O/c1-19(2)8-7-9-20(3)24-13-11-21-10-12-22-18-23(28)14-17-27(22,6)25(21)15-16-26(24,4)5/h10,12,19-20,23-25,28H,7-9,11,13-18H2,1-6H3. The lowest BCUT2D eigenvalue weighted by molar-refractivity contribution is 0.0590. The Bertz CT molecular complexity index is 595. The predicted molar refractivity (Wildman–Crippen MR) is 121 cm³/mol. The molecular weight excluding hydrogens is 340 g/mol. The summed E-state index contributed by atoms with van der Waals surface area (Å²) in [6, 6.07) is 0. The molecule has 28 heavy (non-hydrogen) atoms. The lowest BCUT2D eigenvalue weighted by atomic mass is 9.54. The van der Waals surface area contributed by atoms with E-state index in [1.807, 2.05) is 0 Å². The van der Waals surface area contributed by atoms with Gasteiger partial charge in [-0.15, -0.1) is 0 Å². The van der Waals surface area contributed by atoms with Gasteiger partial charge in [0.05, 0.1) is 6.10 Å². The van der Waals surface area contributed by atoms with Crippen LogP contribution in [0.2, 0.25) is 0 Å². The first-order valence-corrected chi connectivity index (χ1v) is 12.2. The van der Waals surface area contributed by atoms with Crippen LogP contribution in [0, 0.1) is 34.5 Å². The summed E-state index contributed by atoms with van der Waals surface area (Å²) in [6.07, 6.45) is 17.3. The third-order valence-electron chi connectivity index (χ3n) is 8.85. The molecule has 3 aliphatic rings. The van der Waals surface area contributed by atoms with E-state index < -0.39 is 0 Å². The fourth-order valence-corrected chi connectivity index (χ4v) is 6.89. The fourth-order valence-electron chi connectivity index (χ4n) is 6.89. The Kier molecular flexibility index (Phi) is 6.85. The second-order valence-corrected chi connectivity index (χ2v) is 11.8. The van der Waals surface area contributed by atoms with E-state index >= 15 is 0 Å². The first-order valence-electron chi connectivity index (χ1n) is 12.2. The maximum atomic E-state index is 10.2. The predicted octanol–water partition coefficient (Wildman–Crippen LogP) is 7.70. The normalized spacial score (nSPS) is 36.5. The molecule has 3 rings (SSSR count). The van der Waals surface area contributed by atoms with Gasteiger partial charge in [0.2, 0.25) is 0 Å². The van der Waals surface area contributed by atoms with E-state index in [9.17, 15) is 5.11 Å². The number of aliphatic hydroxyl groups excluding tert-OH is 1. The second kappa shape index (κ2) is 8.66. The molecule has 5 atom stereocenters. The van der Waals surface area contributed by atoms with E-state index in [1.165, 1.54) is 50.5 Å². The first kappa shape index (κ1) is 22.1. The van der Waals surface area contributed by atoms with Crippen molar-refractivity contribution in [3.8, 4) is 0 Å². The Labute approximate surface area is 175 Å². The van der Waals surface area contributed by atoms with Gasteiger partial charge in [-0.2, -0.15) is 0 Å². The SMILES string of the molecule is CC(C)CCCC(C)C1CCC2=CC=C3CC(O)CCC3(C)C2CCC1(C)C. The van der Waals surface area contributed by atoms with Crippen molar-refractivity contribution in [1.82, 2.24) is 0 Å². The largest absolute Gasteiger partial charge is 0.393 e. The molecule has 1 heteroatoms. The van der Waals surface area contributed by atoms with E-state index in [-0.39, 0.29) is 6.10 Å². The summed E-state index contributed by atoms with van der Waals surface area (Å²) in [4.78, 5) is 0. The molecule has 2 saturated carbocycles. The van der Waals surface area contributed by atoms with Crippen molar-refractivity contribution in [2.45, 2.75) is 112 Å². The quantitative estimate of drug-likeness (QED) is 0.513. The van der Waals surface area contributed by atoms with Gasteiger partial charge in [-0.25, -0.2) is 0 Å². The average molecular weight is 387 g/mol. The summed E-state index contributed by atoms with van der Waals surface area (Å²) < 4.78 is 0. The van der Waals surface area contributed by atoms with Crippen molar-refractivity contribution in [3.63, 3.8) is 0 Å². The molecule has 0 aliphatic heterocycles. The second-order valence-electron chi connectivity index (χ2n) is 11.8. The Balaban J connectivity index is 1.74. The fraction of sp³-hybridized carbons (Fsp3) is 0.852. The molecule has 1 nitrogen and oxygen atoms in total. The minimum Gasteiger partial charge on any atom is -0.393 e. The highest BCUT2D eigenvalue weighted by molar-refractivity contribution is 5.35. The molecule has 160 valence electrons. The molecular formula is C27H46O. The summed E-state index contributed by atoms with van der Waals surface area (Å²) in [5.41, 5.74) is 3.98. The molecule has 0 spiro atoms. The maximum absolute atomic E-state index is 10.2. The summed E-state index contributed by atoms with van der Waals surface area (Å²) >= 11 is 0. The van der Waals surface area contributed by atoms with Crippen LogP contribution in [0.15, 0.2) is 23.3 Å². The zero-order valence-corrected chi connectivity index (χ0v) is 19.6. The van der Waals surface area contributed by atoms with Crippen molar-refractivity contribution in [1.29, 1.82) is 0 Å². The highest BCUT2D eigenvalue weighted by Gasteiger charge is 2.46. The van der Waals surface area contributed by atoms with Crippen LogP contribution in [0.25, 0.3) is 0 Å². The van der Waals surface area contributed by atoms with Crippen LogP contribution < -0.4 is 0 Å².